The lowest BCUT2D eigenvalue weighted by Crippen LogP contribution is -2.49. The van der Waals surface area contributed by atoms with Gasteiger partial charge in [0.25, 0.3) is 0 Å². The van der Waals surface area contributed by atoms with E-state index in [2.05, 4.69) is 11.8 Å². The van der Waals surface area contributed by atoms with Gasteiger partial charge in [0.2, 0.25) is 0 Å². The van der Waals surface area contributed by atoms with Crippen molar-refractivity contribution >= 4 is 5.97 Å². The molecule has 0 N–H and O–H groups in total. The molecule has 2 fully saturated rings. The van der Waals surface area contributed by atoms with Gasteiger partial charge >= 0.3 is 5.97 Å². The topological polar surface area (TPSA) is 29.5 Å². The van der Waals surface area contributed by atoms with Gasteiger partial charge in [0.1, 0.15) is 0 Å². The van der Waals surface area contributed by atoms with Crippen LogP contribution in [0.3, 0.4) is 0 Å². The lowest BCUT2D eigenvalue weighted by atomic mass is 9.88. The fraction of sp³-hybridized carbons (Fsp3) is 0.941. The van der Waals surface area contributed by atoms with Gasteiger partial charge in [-0.05, 0) is 58.0 Å². The first kappa shape index (κ1) is 15.8. The molecular formula is C17H31NO2. The van der Waals surface area contributed by atoms with Crippen molar-refractivity contribution in [2.24, 2.45) is 5.92 Å². The Labute approximate surface area is 124 Å². The van der Waals surface area contributed by atoms with Crippen LogP contribution in [0.2, 0.25) is 0 Å². The van der Waals surface area contributed by atoms with E-state index < -0.39 is 0 Å². The molecule has 0 aromatic heterocycles. The normalized spacial score (nSPS) is 32.0. The van der Waals surface area contributed by atoms with Gasteiger partial charge in [-0.25, -0.2) is 0 Å². The molecule has 2 unspecified atom stereocenters. The van der Waals surface area contributed by atoms with Crippen molar-refractivity contribution in [1.82, 2.24) is 4.90 Å². The Kier molecular flexibility index (Phi) is 5.88. The summed E-state index contributed by atoms with van der Waals surface area (Å²) in [6.45, 7) is 7.05. The summed E-state index contributed by atoms with van der Waals surface area (Å²) in [5.41, 5.74) is 0.108. The molecule has 2 atom stereocenters. The minimum Gasteiger partial charge on any atom is -0.466 e. The molecule has 1 aliphatic carbocycles. The average molecular weight is 281 g/mol. The largest absolute Gasteiger partial charge is 0.466 e. The molecule has 3 nitrogen and oxygen atoms in total. The number of esters is 1. The first-order valence-electron chi connectivity index (χ1n) is 8.61. The smallest absolute Gasteiger partial charge is 0.307 e. The second-order valence-corrected chi connectivity index (χ2v) is 6.62. The summed E-state index contributed by atoms with van der Waals surface area (Å²) in [5, 5.41) is 0. The van der Waals surface area contributed by atoms with Crippen LogP contribution in [0, 0.1) is 5.92 Å². The summed E-state index contributed by atoms with van der Waals surface area (Å²) >= 11 is 0. The number of carbonyl (C=O) groups is 1. The van der Waals surface area contributed by atoms with Crippen LogP contribution in [-0.2, 0) is 9.53 Å². The van der Waals surface area contributed by atoms with Crippen molar-refractivity contribution in [3.63, 3.8) is 0 Å². The molecule has 116 valence electrons. The molecule has 1 aliphatic heterocycles. The highest BCUT2D eigenvalue weighted by molar-refractivity contribution is 5.71. The minimum absolute atomic E-state index is 0.00787. The van der Waals surface area contributed by atoms with Crippen LogP contribution in [0.25, 0.3) is 0 Å². The maximum absolute atomic E-state index is 12.1. The van der Waals surface area contributed by atoms with Gasteiger partial charge in [0, 0.05) is 5.54 Å². The van der Waals surface area contributed by atoms with Crippen molar-refractivity contribution in [3.05, 3.63) is 0 Å². The number of hydrogen-bond acceptors (Lipinski definition) is 3. The molecule has 2 rings (SSSR count). The molecule has 0 spiro atoms. The van der Waals surface area contributed by atoms with E-state index in [-0.39, 0.29) is 11.5 Å². The molecular weight excluding hydrogens is 250 g/mol. The fourth-order valence-electron chi connectivity index (χ4n) is 4.15. The zero-order valence-corrected chi connectivity index (χ0v) is 13.3. The third kappa shape index (κ3) is 3.75. The molecule has 1 saturated heterocycles. The van der Waals surface area contributed by atoms with Crippen LogP contribution in [-0.4, -0.2) is 36.1 Å². The summed E-state index contributed by atoms with van der Waals surface area (Å²) in [6.07, 6.45) is 10.8. The van der Waals surface area contributed by atoms with Gasteiger partial charge in [-0.2, -0.15) is 0 Å². The Morgan fingerprint density at radius 1 is 1.20 bits per heavy atom. The standard InChI is InChI=1S/C17H31NO2/c1-3-15-9-10-17(13-15,14-16(19)20-4-2)18-11-7-5-6-8-12-18/h15H,3-14H2,1-2H3. The highest BCUT2D eigenvalue weighted by atomic mass is 16.5. The van der Waals surface area contributed by atoms with Crippen LogP contribution in [0.15, 0.2) is 0 Å². The molecule has 1 heterocycles. The van der Waals surface area contributed by atoms with Crippen LogP contribution < -0.4 is 0 Å². The average Bonchev–Trinajstić information content (AvgIpc) is 2.67. The zero-order valence-electron chi connectivity index (χ0n) is 13.3. The molecule has 1 saturated carbocycles. The SMILES string of the molecule is CCOC(=O)CC1(N2CCCCCC2)CCC(CC)C1. The lowest BCUT2D eigenvalue weighted by Gasteiger charge is -2.41. The number of ether oxygens (including phenoxy) is 1. The van der Waals surface area contributed by atoms with E-state index in [9.17, 15) is 4.79 Å². The van der Waals surface area contributed by atoms with Crippen molar-refractivity contribution in [3.8, 4) is 0 Å². The van der Waals surface area contributed by atoms with Crippen LogP contribution in [0.4, 0.5) is 0 Å². The van der Waals surface area contributed by atoms with Gasteiger partial charge in [0.15, 0.2) is 0 Å². The summed E-state index contributed by atoms with van der Waals surface area (Å²) in [6, 6.07) is 0. The van der Waals surface area contributed by atoms with Gasteiger partial charge in [0.05, 0.1) is 13.0 Å². The maximum atomic E-state index is 12.1. The summed E-state index contributed by atoms with van der Waals surface area (Å²) in [5.74, 6) is 0.807. The fourth-order valence-corrected chi connectivity index (χ4v) is 4.15. The number of hydrogen-bond donors (Lipinski definition) is 0. The van der Waals surface area contributed by atoms with E-state index in [1.165, 1.54) is 64.5 Å². The molecule has 0 aromatic rings. The Morgan fingerprint density at radius 2 is 1.90 bits per heavy atom. The van der Waals surface area contributed by atoms with Crippen molar-refractivity contribution < 1.29 is 9.53 Å². The second-order valence-electron chi connectivity index (χ2n) is 6.62. The molecule has 0 bridgehead atoms. The summed E-state index contributed by atoms with van der Waals surface area (Å²) < 4.78 is 5.25. The third-order valence-electron chi connectivity index (χ3n) is 5.32. The summed E-state index contributed by atoms with van der Waals surface area (Å²) in [4.78, 5) is 14.7. The summed E-state index contributed by atoms with van der Waals surface area (Å²) in [7, 11) is 0. The van der Waals surface area contributed by atoms with Crippen molar-refractivity contribution in [2.45, 2.75) is 77.2 Å². The molecule has 0 amide bonds. The Bertz CT molecular complexity index is 310. The van der Waals surface area contributed by atoms with Gasteiger partial charge in [-0.15, -0.1) is 0 Å². The molecule has 20 heavy (non-hydrogen) atoms. The van der Waals surface area contributed by atoms with Gasteiger partial charge < -0.3 is 4.74 Å². The van der Waals surface area contributed by atoms with Crippen LogP contribution >= 0.6 is 0 Å². The van der Waals surface area contributed by atoms with Crippen molar-refractivity contribution in [2.75, 3.05) is 19.7 Å². The first-order valence-corrected chi connectivity index (χ1v) is 8.61. The maximum Gasteiger partial charge on any atom is 0.307 e. The predicted molar refractivity (Wildman–Crippen MR) is 81.7 cm³/mol. The van der Waals surface area contributed by atoms with Gasteiger partial charge in [-0.3, -0.25) is 9.69 Å². The predicted octanol–water partition coefficient (Wildman–Crippen LogP) is 3.76. The quantitative estimate of drug-likeness (QED) is 0.719. The zero-order chi connectivity index (χ0) is 14.4. The number of likely N-dealkylation sites (tertiary alicyclic amines) is 1. The highest BCUT2D eigenvalue weighted by Crippen LogP contribution is 2.43. The minimum atomic E-state index is 0.00787. The monoisotopic (exact) mass is 281 g/mol. The first-order chi connectivity index (χ1) is 9.70. The van der Waals surface area contributed by atoms with E-state index >= 15 is 0 Å². The Hall–Kier alpha value is -0.570. The van der Waals surface area contributed by atoms with E-state index in [4.69, 9.17) is 4.74 Å². The molecule has 2 aliphatic rings. The highest BCUT2D eigenvalue weighted by Gasteiger charge is 2.44. The van der Waals surface area contributed by atoms with Crippen LogP contribution in [0.5, 0.6) is 0 Å². The number of carbonyl (C=O) groups excluding carboxylic acids is 1. The number of rotatable bonds is 5. The van der Waals surface area contributed by atoms with E-state index in [1.54, 1.807) is 0 Å². The third-order valence-corrected chi connectivity index (χ3v) is 5.32. The van der Waals surface area contributed by atoms with Gasteiger partial charge in [-0.1, -0.05) is 26.2 Å². The Morgan fingerprint density at radius 3 is 2.45 bits per heavy atom. The lowest BCUT2D eigenvalue weighted by molar-refractivity contribution is -0.146. The molecule has 0 radical (unpaired) electrons. The van der Waals surface area contributed by atoms with Crippen LogP contribution in [0.1, 0.15) is 71.6 Å². The van der Waals surface area contributed by atoms with E-state index in [0.717, 1.165) is 5.92 Å². The molecule has 3 heteroatoms. The van der Waals surface area contributed by atoms with Crippen molar-refractivity contribution in [1.29, 1.82) is 0 Å². The Balaban J connectivity index is 2.08. The second kappa shape index (κ2) is 7.44. The van der Waals surface area contributed by atoms with E-state index in [0.29, 0.717) is 13.0 Å². The van der Waals surface area contributed by atoms with E-state index in [1.807, 2.05) is 6.92 Å². The number of nitrogens with zero attached hydrogens (tertiary/aromatic N) is 1. The molecule has 0 aromatic carbocycles.